The minimum Gasteiger partial charge on any atom is -0.465 e. The molecule has 8 heteroatoms. The Bertz CT molecular complexity index is 978. The van der Waals surface area contributed by atoms with Crippen molar-refractivity contribution in [3.63, 3.8) is 0 Å². The van der Waals surface area contributed by atoms with Crippen molar-refractivity contribution in [3.8, 4) is 0 Å². The molecular weight excluding hydrogens is 330 g/mol. The van der Waals surface area contributed by atoms with E-state index in [1.165, 1.54) is 30.9 Å². The summed E-state index contributed by atoms with van der Waals surface area (Å²) < 4.78 is 21.2. The molecule has 0 N–H and O–H groups in total. The lowest BCUT2D eigenvalue weighted by atomic mass is 10.2. The van der Waals surface area contributed by atoms with Gasteiger partial charge < -0.3 is 18.3 Å². The van der Waals surface area contributed by atoms with Crippen LogP contribution in [0.5, 0.6) is 0 Å². The number of hydrogen-bond donors (Lipinski definition) is 0. The minimum absolute atomic E-state index is 0.164. The Balaban J connectivity index is 1.77. The third-order valence-electron chi connectivity index (χ3n) is 3.74. The second-order valence-electron chi connectivity index (χ2n) is 5.24. The molecule has 1 aromatic carbocycles. The highest BCUT2D eigenvalue weighted by atomic mass is 16.5. The maximum absolute atomic E-state index is 12.3. The van der Waals surface area contributed by atoms with Gasteiger partial charge in [0.1, 0.15) is 18.2 Å². The molecular formula is C17H15NO7. The molecule has 0 fully saturated rings. The van der Waals surface area contributed by atoms with E-state index in [9.17, 15) is 14.4 Å². The van der Waals surface area contributed by atoms with Crippen LogP contribution in [0, 0.1) is 0 Å². The van der Waals surface area contributed by atoms with Gasteiger partial charge in [-0.25, -0.2) is 14.4 Å². The lowest BCUT2D eigenvalue weighted by molar-refractivity contribution is -0.149. The summed E-state index contributed by atoms with van der Waals surface area (Å²) in [7, 11) is 1.24. The van der Waals surface area contributed by atoms with Crippen molar-refractivity contribution in [2.45, 2.75) is 19.6 Å². The first-order valence-electron chi connectivity index (χ1n) is 7.44. The number of rotatable bonds is 5. The molecule has 0 aliphatic carbocycles. The van der Waals surface area contributed by atoms with Crippen LogP contribution >= 0.6 is 0 Å². The topological polar surface area (TPSA) is 101 Å². The number of methoxy groups -OCH3 is 1. The molecule has 1 atom stereocenters. The molecule has 0 bridgehead atoms. The van der Waals surface area contributed by atoms with Crippen molar-refractivity contribution in [2.24, 2.45) is 0 Å². The average molecular weight is 345 g/mol. The number of hydrogen-bond acceptors (Lipinski definition) is 7. The minimum atomic E-state index is -0.910. The van der Waals surface area contributed by atoms with E-state index in [2.05, 4.69) is 4.74 Å². The van der Waals surface area contributed by atoms with Crippen LogP contribution in [0.3, 0.4) is 0 Å². The summed E-state index contributed by atoms with van der Waals surface area (Å²) in [6, 6.07) is 7.28. The van der Waals surface area contributed by atoms with Gasteiger partial charge in [-0.15, -0.1) is 0 Å². The second-order valence-corrected chi connectivity index (χ2v) is 5.24. The Labute approximate surface area is 141 Å². The summed E-state index contributed by atoms with van der Waals surface area (Å²) in [5, 5.41) is 0. The molecule has 0 radical (unpaired) electrons. The van der Waals surface area contributed by atoms with Crippen molar-refractivity contribution >= 4 is 23.0 Å². The SMILES string of the molecule is COC(=O)c1ccoc1COC(=O)C(C)n1c(=O)oc2ccccc21. The van der Waals surface area contributed by atoms with E-state index < -0.39 is 23.7 Å². The normalized spacial score (nSPS) is 12.1. The van der Waals surface area contributed by atoms with Gasteiger partial charge in [0.15, 0.2) is 11.3 Å². The first-order valence-corrected chi connectivity index (χ1v) is 7.44. The number of nitrogens with zero attached hydrogens (tertiary/aromatic N) is 1. The second kappa shape index (κ2) is 6.68. The molecule has 0 amide bonds. The fourth-order valence-electron chi connectivity index (χ4n) is 2.46. The zero-order valence-electron chi connectivity index (χ0n) is 13.6. The van der Waals surface area contributed by atoms with Gasteiger partial charge in [0.25, 0.3) is 0 Å². The molecule has 8 nitrogen and oxygen atoms in total. The molecule has 2 heterocycles. The van der Waals surface area contributed by atoms with Crippen LogP contribution in [0.25, 0.3) is 11.1 Å². The fraction of sp³-hybridized carbons (Fsp3) is 0.235. The van der Waals surface area contributed by atoms with Gasteiger partial charge in [-0.1, -0.05) is 12.1 Å². The van der Waals surface area contributed by atoms with Crippen molar-refractivity contribution in [2.75, 3.05) is 7.11 Å². The number of fused-ring (bicyclic) bond motifs is 1. The molecule has 0 saturated carbocycles. The van der Waals surface area contributed by atoms with Gasteiger partial charge in [0.05, 0.1) is 18.9 Å². The van der Waals surface area contributed by atoms with Crippen LogP contribution in [-0.2, 0) is 20.9 Å². The van der Waals surface area contributed by atoms with E-state index in [4.69, 9.17) is 13.6 Å². The fourth-order valence-corrected chi connectivity index (χ4v) is 2.46. The zero-order chi connectivity index (χ0) is 18.0. The molecule has 130 valence electrons. The zero-order valence-corrected chi connectivity index (χ0v) is 13.6. The number of ether oxygens (including phenoxy) is 2. The van der Waals surface area contributed by atoms with Crippen molar-refractivity contribution in [1.82, 2.24) is 4.57 Å². The molecule has 3 aromatic rings. The van der Waals surface area contributed by atoms with Gasteiger partial charge in [0, 0.05) is 0 Å². The monoisotopic (exact) mass is 345 g/mol. The number of furan rings is 1. The molecule has 0 aliphatic heterocycles. The Morgan fingerprint density at radius 3 is 2.76 bits per heavy atom. The van der Waals surface area contributed by atoms with E-state index in [-0.39, 0.29) is 17.9 Å². The summed E-state index contributed by atoms with van der Waals surface area (Å²) in [5.41, 5.74) is 1.05. The Morgan fingerprint density at radius 1 is 1.24 bits per heavy atom. The van der Waals surface area contributed by atoms with E-state index >= 15 is 0 Å². The van der Waals surface area contributed by atoms with Gasteiger partial charge >= 0.3 is 17.7 Å². The Hall–Kier alpha value is -3.29. The number of oxazole rings is 1. The lowest BCUT2D eigenvalue weighted by Crippen LogP contribution is -2.26. The molecule has 0 aliphatic rings. The predicted octanol–water partition coefficient (Wildman–Crippen LogP) is 2.28. The van der Waals surface area contributed by atoms with E-state index in [1.54, 1.807) is 24.3 Å². The highest BCUT2D eigenvalue weighted by Gasteiger charge is 2.24. The largest absolute Gasteiger partial charge is 0.465 e. The standard InChI is InChI=1S/C17H15NO7/c1-10(18-12-5-3-4-6-13(12)25-17(18)21)15(19)24-9-14-11(7-8-23-14)16(20)22-2/h3-8,10H,9H2,1-2H3. The summed E-state index contributed by atoms with van der Waals surface area (Å²) in [6.45, 7) is 1.26. The molecule has 0 spiro atoms. The van der Waals surface area contributed by atoms with Crippen molar-refractivity contribution in [3.05, 3.63) is 58.5 Å². The number of para-hydroxylation sites is 2. The Kier molecular flexibility index (Phi) is 4.42. The van der Waals surface area contributed by atoms with Crippen molar-refractivity contribution in [1.29, 1.82) is 0 Å². The number of carbonyl (C=O) groups is 2. The van der Waals surface area contributed by atoms with Gasteiger partial charge in [-0.3, -0.25) is 4.57 Å². The molecule has 1 unspecified atom stereocenters. The van der Waals surface area contributed by atoms with Gasteiger partial charge in [0.2, 0.25) is 0 Å². The first kappa shape index (κ1) is 16.6. The van der Waals surface area contributed by atoms with Crippen LogP contribution in [0.2, 0.25) is 0 Å². The number of esters is 2. The maximum atomic E-state index is 12.3. The van der Waals surface area contributed by atoms with Crippen LogP contribution in [0.15, 0.2) is 50.2 Å². The van der Waals surface area contributed by atoms with Crippen LogP contribution < -0.4 is 5.76 Å². The van der Waals surface area contributed by atoms with E-state index in [1.807, 2.05) is 0 Å². The van der Waals surface area contributed by atoms with E-state index in [0.29, 0.717) is 11.1 Å². The third-order valence-corrected chi connectivity index (χ3v) is 3.74. The smallest absolute Gasteiger partial charge is 0.420 e. The van der Waals surface area contributed by atoms with Crippen LogP contribution in [0.4, 0.5) is 0 Å². The molecule has 2 aromatic heterocycles. The third kappa shape index (κ3) is 3.06. The van der Waals surface area contributed by atoms with Crippen molar-refractivity contribution < 1.29 is 27.9 Å². The summed E-state index contributed by atoms with van der Waals surface area (Å²) in [4.78, 5) is 35.9. The maximum Gasteiger partial charge on any atom is 0.420 e. The lowest BCUT2D eigenvalue weighted by Gasteiger charge is -2.12. The molecule has 0 saturated heterocycles. The Morgan fingerprint density at radius 2 is 2.00 bits per heavy atom. The quantitative estimate of drug-likeness (QED) is 0.654. The summed E-state index contributed by atoms with van der Waals surface area (Å²) >= 11 is 0. The van der Waals surface area contributed by atoms with Gasteiger partial charge in [-0.2, -0.15) is 0 Å². The number of benzene rings is 1. The predicted molar refractivity (Wildman–Crippen MR) is 85.0 cm³/mol. The molecule has 3 rings (SSSR count). The first-order chi connectivity index (χ1) is 12.0. The highest BCUT2D eigenvalue weighted by Crippen LogP contribution is 2.19. The molecule has 25 heavy (non-hydrogen) atoms. The van der Waals surface area contributed by atoms with E-state index in [0.717, 1.165) is 0 Å². The highest BCUT2D eigenvalue weighted by molar-refractivity contribution is 5.90. The number of carbonyl (C=O) groups excluding carboxylic acids is 2. The van der Waals surface area contributed by atoms with Gasteiger partial charge in [-0.05, 0) is 25.1 Å². The number of aromatic nitrogens is 1. The van der Waals surface area contributed by atoms with Crippen LogP contribution in [-0.4, -0.2) is 23.6 Å². The summed E-state index contributed by atoms with van der Waals surface area (Å²) in [6.07, 6.45) is 1.30. The summed E-state index contributed by atoms with van der Waals surface area (Å²) in [5.74, 6) is -1.75. The van der Waals surface area contributed by atoms with Crippen LogP contribution in [0.1, 0.15) is 29.1 Å². The average Bonchev–Trinajstić information content (AvgIpc) is 3.21.